The molecule has 18 heavy (non-hydrogen) atoms. The number of hydrogen-bond acceptors (Lipinski definition) is 4. The lowest BCUT2D eigenvalue weighted by Gasteiger charge is -2.37. The van der Waals surface area contributed by atoms with E-state index >= 15 is 0 Å². The van der Waals surface area contributed by atoms with Crippen molar-refractivity contribution in [3.05, 3.63) is 24.2 Å². The summed E-state index contributed by atoms with van der Waals surface area (Å²) in [5, 5.41) is 9.51. The summed E-state index contributed by atoms with van der Waals surface area (Å²) in [6.45, 7) is 7.45. The fourth-order valence-electron chi connectivity index (χ4n) is 2.50. The van der Waals surface area contributed by atoms with Gasteiger partial charge in [-0.3, -0.25) is 9.80 Å². The summed E-state index contributed by atoms with van der Waals surface area (Å²) in [7, 11) is 2.09. The van der Waals surface area contributed by atoms with Crippen LogP contribution in [0.3, 0.4) is 0 Å². The van der Waals surface area contributed by atoms with E-state index in [9.17, 15) is 5.11 Å². The zero-order valence-corrected chi connectivity index (χ0v) is 11.6. The first kappa shape index (κ1) is 13.6. The van der Waals surface area contributed by atoms with E-state index in [2.05, 4.69) is 30.7 Å². The molecule has 0 aliphatic carbocycles. The number of furan rings is 1. The average Bonchev–Trinajstić information content (AvgIpc) is 2.80. The molecule has 1 aromatic rings. The summed E-state index contributed by atoms with van der Waals surface area (Å²) >= 11 is 0. The molecule has 4 heteroatoms. The predicted octanol–water partition coefficient (Wildman–Crippen LogP) is 1.56. The highest BCUT2D eigenvalue weighted by Crippen LogP contribution is 2.26. The average molecular weight is 252 g/mol. The van der Waals surface area contributed by atoms with Gasteiger partial charge in [0, 0.05) is 24.7 Å². The Hall–Kier alpha value is -0.840. The van der Waals surface area contributed by atoms with Gasteiger partial charge in [-0.15, -0.1) is 0 Å². The van der Waals surface area contributed by atoms with E-state index in [0.29, 0.717) is 0 Å². The Morgan fingerprint density at radius 1 is 1.50 bits per heavy atom. The van der Waals surface area contributed by atoms with Crippen molar-refractivity contribution in [2.75, 3.05) is 26.7 Å². The fraction of sp³-hybridized carbons (Fsp3) is 0.714. The van der Waals surface area contributed by atoms with Crippen LogP contribution in [0.4, 0.5) is 0 Å². The van der Waals surface area contributed by atoms with Crippen LogP contribution < -0.4 is 0 Å². The number of nitrogens with zero attached hydrogens (tertiary/aromatic N) is 2. The maximum atomic E-state index is 9.51. The van der Waals surface area contributed by atoms with Crippen molar-refractivity contribution in [3.63, 3.8) is 0 Å². The van der Waals surface area contributed by atoms with Gasteiger partial charge in [0.05, 0.1) is 19.4 Å². The van der Waals surface area contributed by atoms with Gasteiger partial charge in [-0.05, 0) is 39.4 Å². The number of rotatable bonds is 3. The van der Waals surface area contributed by atoms with Gasteiger partial charge < -0.3 is 9.52 Å². The van der Waals surface area contributed by atoms with Gasteiger partial charge in [0.15, 0.2) is 0 Å². The molecule has 102 valence electrons. The van der Waals surface area contributed by atoms with Gasteiger partial charge in [0.1, 0.15) is 5.76 Å². The highest BCUT2D eigenvalue weighted by molar-refractivity contribution is 5.00. The molecule has 0 radical (unpaired) electrons. The molecule has 1 saturated heterocycles. The first-order valence-electron chi connectivity index (χ1n) is 6.61. The zero-order valence-electron chi connectivity index (χ0n) is 11.6. The summed E-state index contributed by atoms with van der Waals surface area (Å²) in [6.07, 6.45) is 2.82. The van der Waals surface area contributed by atoms with Crippen molar-refractivity contribution < 1.29 is 9.52 Å². The lowest BCUT2D eigenvalue weighted by molar-refractivity contribution is 0.0804. The molecule has 1 fully saturated rings. The van der Waals surface area contributed by atoms with Crippen LogP contribution in [0.15, 0.2) is 22.8 Å². The third-order valence-electron chi connectivity index (χ3n) is 4.12. The maximum Gasteiger partial charge on any atom is 0.117 e. The highest BCUT2D eigenvalue weighted by Gasteiger charge is 2.34. The second-order valence-corrected chi connectivity index (χ2v) is 5.84. The molecule has 2 heterocycles. The van der Waals surface area contributed by atoms with E-state index in [1.807, 2.05) is 12.1 Å². The molecule has 2 rings (SSSR count). The third kappa shape index (κ3) is 2.94. The fourth-order valence-corrected chi connectivity index (χ4v) is 2.50. The Bertz CT molecular complexity index is 362. The molecule has 0 saturated carbocycles. The Morgan fingerprint density at radius 2 is 2.28 bits per heavy atom. The van der Waals surface area contributed by atoms with E-state index in [4.69, 9.17) is 4.42 Å². The summed E-state index contributed by atoms with van der Waals surface area (Å²) in [5.74, 6) is 0.990. The van der Waals surface area contributed by atoms with Crippen LogP contribution in [0.25, 0.3) is 0 Å². The quantitative estimate of drug-likeness (QED) is 0.886. The Balaban J connectivity index is 2.13. The molecule has 1 aliphatic rings. The minimum Gasteiger partial charge on any atom is -0.468 e. The standard InChI is InChI=1S/C14H24N2O2/c1-14(2)6-7-15(3)12(11-17)9-16(14)10-13-5-4-8-18-13/h4-5,8,12,17H,6-7,9-11H2,1-3H3. The number of aliphatic hydroxyl groups excluding tert-OH is 1. The Morgan fingerprint density at radius 3 is 2.89 bits per heavy atom. The molecule has 0 spiro atoms. The van der Waals surface area contributed by atoms with E-state index in [-0.39, 0.29) is 18.2 Å². The largest absolute Gasteiger partial charge is 0.468 e. The minimum absolute atomic E-state index is 0.130. The van der Waals surface area contributed by atoms with Crippen molar-refractivity contribution >= 4 is 0 Å². The lowest BCUT2D eigenvalue weighted by atomic mass is 9.98. The third-order valence-corrected chi connectivity index (χ3v) is 4.12. The van der Waals surface area contributed by atoms with Gasteiger partial charge in [-0.1, -0.05) is 0 Å². The summed E-state index contributed by atoms with van der Waals surface area (Å²) in [4.78, 5) is 4.67. The first-order chi connectivity index (χ1) is 8.53. The second kappa shape index (κ2) is 5.43. The lowest BCUT2D eigenvalue weighted by Crippen LogP contribution is -2.47. The Kier molecular flexibility index (Phi) is 4.10. The highest BCUT2D eigenvalue weighted by atomic mass is 16.3. The zero-order chi connectivity index (χ0) is 13.2. The van der Waals surface area contributed by atoms with Gasteiger partial charge in [0.2, 0.25) is 0 Å². The maximum absolute atomic E-state index is 9.51. The number of hydrogen-bond donors (Lipinski definition) is 1. The summed E-state index contributed by atoms with van der Waals surface area (Å²) in [5.41, 5.74) is 0.130. The van der Waals surface area contributed by atoms with Crippen LogP contribution in [0.5, 0.6) is 0 Å². The number of aliphatic hydroxyl groups is 1. The van der Waals surface area contributed by atoms with Gasteiger partial charge in [0.25, 0.3) is 0 Å². The van der Waals surface area contributed by atoms with Gasteiger partial charge >= 0.3 is 0 Å². The molecular formula is C14H24N2O2. The summed E-state index contributed by atoms with van der Waals surface area (Å²) in [6, 6.07) is 4.15. The monoisotopic (exact) mass is 252 g/mol. The molecule has 1 unspecified atom stereocenters. The van der Waals surface area contributed by atoms with Crippen molar-refractivity contribution in [1.29, 1.82) is 0 Å². The molecule has 1 aromatic heterocycles. The smallest absolute Gasteiger partial charge is 0.117 e. The van der Waals surface area contributed by atoms with Crippen LogP contribution in [0.1, 0.15) is 26.0 Å². The molecule has 0 aromatic carbocycles. The van der Waals surface area contributed by atoms with E-state index < -0.39 is 0 Å². The second-order valence-electron chi connectivity index (χ2n) is 5.84. The molecule has 1 aliphatic heterocycles. The van der Waals surface area contributed by atoms with Crippen molar-refractivity contribution in [2.24, 2.45) is 0 Å². The summed E-state index contributed by atoms with van der Waals surface area (Å²) < 4.78 is 5.45. The topological polar surface area (TPSA) is 39.9 Å². The van der Waals surface area contributed by atoms with Crippen molar-refractivity contribution in [2.45, 2.75) is 38.4 Å². The predicted molar refractivity (Wildman–Crippen MR) is 71.3 cm³/mol. The van der Waals surface area contributed by atoms with Crippen LogP contribution in [-0.2, 0) is 6.54 Å². The minimum atomic E-state index is 0.130. The van der Waals surface area contributed by atoms with Gasteiger partial charge in [-0.25, -0.2) is 0 Å². The van der Waals surface area contributed by atoms with Gasteiger partial charge in [-0.2, -0.15) is 0 Å². The molecular weight excluding hydrogens is 228 g/mol. The van der Waals surface area contributed by atoms with Crippen LogP contribution >= 0.6 is 0 Å². The van der Waals surface area contributed by atoms with Crippen molar-refractivity contribution in [1.82, 2.24) is 9.80 Å². The molecule has 1 N–H and O–H groups in total. The van der Waals surface area contributed by atoms with E-state index in [0.717, 1.165) is 31.8 Å². The molecule has 4 nitrogen and oxygen atoms in total. The number of likely N-dealkylation sites (N-methyl/N-ethyl adjacent to an activating group) is 1. The molecule has 0 bridgehead atoms. The molecule has 0 amide bonds. The normalized spacial score (nSPS) is 26.1. The Labute approximate surface area is 109 Å². The van der Waals surface area contributed by atoms with Crippen LogP contribution in [0.2, 0.25) is 0 Å². The SMILES string of the molecule is CN1CCC(C)(C)N(Cc2ccco2)CC1CO. The van der Waals surface area contributed by atoms with Crippen molar-refractivity contribution in [3.8, 4) is 0 Å². The van der Waals surface area contributed by atoms with E-state index in [1.54, 1.807) is 6.26 Å². The first-order valence-corrected chi connectivity index (χ1v) is 6.61. The molecule has 1 atom stereocenters. The van der Waals surface area contributed by atoms with Crippen LogP contribution in [-0.4, -0.2) is 53.2 Å². The van der Waals surface area contributed by atoms with Crippen LogP contribution in [0, 0.1) is 0 Å². The van der Waals surface area contributed by atoms with E-state index in [1.165, 1.54) is 0 Å².